The van der Waals surface area contributed by atoms with Crippen LogP contribution in [0.25, 0.3) is 0 Å². The maximum Gasteiger partial charge on any atom is 0.00754 e. The first-order valence-corrected chi connectivity index (χ1v) is 5.38. The van der Waals surface area contributed by atoms with Crippen molar-refractivity contribution in [2.24, 2.45) is 11.8 Å². The van der Waals surface area contributed by atoms with Crippen LogP contribution in [0.3, 0.4) is 0 Å². The Labute approximate surface area is 68.8 Å². The van der Waals surface area contributed by atoms with Gasteiger partial charge < -0.3 is 0 Å². The van der Waals surface area contributed by atoms with Gasteiger partial charge in [0.2, 0.25) is 0 Å². The van der Waals surface area contributed by atoms with Crippen molar-refractivity contribution < 1.29 is 0 Å². The molecule has 1 saturated heterocycles. The molecule has 10 heavy (non-hydrogen) atoms. The minimum Gasteiger partial charge on any atom is -0.158 e. The smallest absolute Gasteiger partial charge is 0.00754 e. The highest BCUT2D eigenvalue weighted by molar-refractivity contribution is 8.00. The second-order valence-corrected chi connectivity index (χ2v) is 5.00. The molecule has 0 radical (unpaired) electrons. The zero-order chi connectivity index (χ0) is 7.56. The Bertz CT molecular complexity index is 92.9. The van der Waals surface area contributed by atoms with E-state index in [0.29, 0.717) is 0 Å². The molecule has 2 atom stereocenters. The van der Waals surface area contributed by atoms with Crippen molar-refractivity contribution in [1.29, 1.82) is 0 Å². The van der Waals surface area contributed by atoms with Gasteiger partial charge >= 0.3 is 0 Å². The van der Waals surface area contributed by atoms with Crippen LogP contribution in [0.2, 0.25) is 0 Å². The molecule has 1 aliphatic heterocycles. The molecule has 1 heteroatoms. The molecule has 0 saturated carbocycles. The van der Waals surface area contributed by atoms with Crippen LogP contribution in [0.1, 0.15) is 33.6 Å². The van der Waals surface area contributed by atoms with Gasteiger partial charge in [-0.2, -0.15) is 11.8 Å². The van der Waals surface area contributed by atoms with Crippen LogP contribution in [0, 0.1) is 11.8 Å². The van der Waals surface area contributed by atoms with Gasteiger partial charge in [0, 0.05) is 5.25 Å². The van der Waals surface area contributed by atoms with Gasteiger partial charge in [-0.1, -0.05) is 20.8 Å². The van der Waals surface area contributed by atoms with Crippen LogP contribution >= 0.6 is 11.8 Å². The van der Waals surface area contributed by atoms with Crippen molar-refractivity contribution >= 4 is 11.8 Å². The minimum atomic E-state index is 0.871. The Balaban J connectivity index is 2.32. The molecule has 0 aliphatic carbocycles. The van der Waals surface area contributed by atoms with Crippen molar-refractivity contribution in [3.63, 3.8) is 0 Å². The van der Waals surface area contributed by atoms with E-state index in [0.717, 1.165) is 17.1 Å². The van der Waals surface area contributed by atoms with E-state index in [1.807, 2.05) is 0 Å². The van der Waals surface area contributed by atoms with Gasteiger partial charge in [0.25, 0.3) is 0 Å². The highest BCUT2D eigenvalue weighted by Gasteiger charge is 2.23. The van der Waals surface area contributed by atoms with Crippen LogP contribution in [0.5, 0.6) is 0 Å². The molecular weight excluding hydrogens is 140 g/mol. The summed E-state index contributed by atoms with van der Waals surface area (Å²) in [5.41, 5.74) is 0. The van der Waals surface area contributed by atoms with Gasteiger partial charge in [-0.15, -0.1) is 0 Å². The molecule has 0 aromatic rings. The normalized spacial score (nSPS) is 29.4. The van der Waals surface area contributed by atoms with E-state index in [9.17, 15) is 0 Å². The lowest BCUT2D eigenvalue weighted by molar-refractivity contribution is 0.399. The number of hydrogen-bond donors (Lipinski definition) is 0. The summed E-state index contributed by atoms with van der Waals surface area (Å²) in [6, 6.07) is 0. The molecule has 1 heterocycles. The van der Waals surface area contributed by atoms with E-state index in [1.54, 1.807) is 0 Å². The maximum atomic E-state index is 2.40. The maximum absolute atomic E-state index is 2.40. The molecule has 0 aromatic heterocycles. The van der Waals surface area contributed by atoms with Crippen molar-refractivity contribution in [2.75, 3.05) is 5.75 Å². The summed E-state index contributed by atoms with van der Waals surface area (Å²) in [6.07, 6.45) is 2.91. The van der Waals surface area contributed by atoms with E-state index in [1.165, 1.54) is 18.6 Å². The topological polar surface area (TPSA) is 0 Å². The summed E-state index contributed by atoms with van der Waals surface area (Å²) >= 11 is 2.18. The molecule has 1 fully saturated rings. The van der Waals surface area contributed by atoms with Gasteiger partial charge in [-0.3, -0.25) is 0 Å². The van der Waals surface area contributed by atoms with Gasteiger partial charge in [0.15, 0.2) is 0 Å². The van der Waals surface area contributed by atoms with Crippen molar-refractivity contribution in [2.45, 2.75) is 38.9 Å². The Morgan fingerprint density at radius 2 is 2.00 bits per heavy atom. The number of rotatable bonds is 2. The molecule has 1 aliphatic rings. The minimum absolute atomic E-state index is 0.871. The molecule has 0 N–H and O–H groups in total. The van der Waals surface area contributed by atoms with Crippen molar-refractivity contribution in [1.82, 2.24) is 0 Å². The zero-order valence-electron chi connectivity index (χ0n) is 7.26. The van der Waals surface area contributed by atoms with Gasteiger partial charge in [0.1, 0.15) is 0 Å². The second-order valence-electron chi connectivity index (χ2n) is 3.65. The lowest BCUT2D eigenvalue weighted by Crippen LogP contribution is -2.16. The molecule has 60 valence electrons. The van der Waals surface area contributed by atoms with Crippen LogP contribution in [0.15, 0.2) is 0 Å². The highest BCUT2D eigenvalue weighted by Crippen LogP contribution is 2.34. The third kappa shape index (κ3) is 1.91. The summed E-state index contributed by atoms with van der Waals surface area (Å²) in [5, 5.41) is 0.972. The molecule has 0 spiro atoms. The standard InChI is InChI=1S/C9H18S/c1-7(2)8(3)9-5-4-6-10-9/h7-9H,4-6H2,1-3H3. The van der Waals surface area contributed by atoms with E-state index in [4.69, 9.17) is 0 Å². The first-order chi connectivity index (χ1) is 4.72. The Kier molecular flexibility index (Phi) is 3.09. The number of hydrogen-bond acceptors (Lipinski definition) is 1. The molecule has 0 nitrogen and oxygen atoms in total. The van der Waals surface area contributed by atoms with E-state index < -0.39 is 0 Å². The van der Waals surface area contributed by atoms with Crippen LogP contribution in [0.4, 0.5) is 0 Å². The molecule has 0 amide bonds. The fourth-order valence-corrected chi connectivity index (χ4v) is 3.03. The second kappa shape index (κ2) is 3.66. The Morgan fingerprint density at radius 1 is 1.30 bits per heavy atom. The highest BCUT2D eigenvalue weighted by atomic mass is 32.2. The SMILES string of the molecule is CC(C)C(C)C1CCCS1. The van der Waals surface area contributed by atoms with Crippen molar-refractivity contribution in [3.8, 4) is 0 Å². The molecule has 2 unspecified atom stereocenters. The average molecular weight is 158 g/mol. The first-order valence-electron chi connectivity index (χ1n) is 4.33. The molecule has 0 bridgehead atoms. The van der Waals surface area contributed by atoms with Gasteiger partial charge in [0.05, 0.1) is 0 Å². The third-order valence-corrected chi connectivity index (χ3v) is 4.22. The first kappa shape index (κ1) is 8.45. The lowest BCUT2D eigenvalue weighted by atomic mass is 9.92. The zero-order valence-corrected chi connectivity index (χ0v) is 8.08. The summed E-state index contributed by atoms with van der Waals surface area (Å²) in [4.78, 5) is 0. The molecule has 0 aromatic carbocycles. The predicted molar refractivity (Wildman–Crippen MR) is 49.5 cm³/mol. The lowest BCUT2D eigenvalue weighted by Gasteiger charge is -2.21. The van der Waals surface area contributed by atoms with Crippen LogP contribution in [-0.2, 0) is 0 Å². The molecule has 1 rings (SSSR count). The monoisotopic (exact) mass is 158 g/mol. The van der Waals surface area contributed by atoms with Crippen molar-refractivity contribution in [3.05, 3.63) is 0 Å². The summed E-state index contributed by atoms with van der Waals surface area (Å²) in [5.74, 6) is 3.20. The third-order valence-electron chi connectivity index (χ3n) is 2.60. The Hall–Kier alpha value is 0.350. The van der Waals surface area contributed by atoms with Gasteiger partial charge in [-0.05, 0) is 30.4 Å². The summed E-state index contributed by atoms with van der Waals surface area (Å²) in [6.45, 7) is 7.07. The van der Waals surface area contributed by atoms with E-state index in [2.05, 4.69) is 32.5 Å². The van der Waals surface area contributed by atoms with Crippen LogP contribution in [-0.4, -0.2) is 11.0 Å². The average Bonchev–Trinajstić information content (AvgIpc) is 2.36. The van der Waals surface area contributed by atoms with E-state index in [-0.39, 0.29) is 0 Å². The summed E-state index contributed by atoms with van der Waals surface area (Å²) < 4.78 is 0. The fraction of sp³-hybridized carbons (Fsp3) is 1.00. The fourth-order valence-electron chi connectivity index (χ4n) is 1.45. The van der Waals surface area contributed by atoms with E-state index >= 15 is 0 Å². The Morgan fingerprint density at radius 3 is 2.40 bits per heavy atom. The largest absolute Gasteiger partial charge is 0.158 e. The number of thioether (sulfide) groups is 1. The van der Waals surface area contributed by atoms with Crippen LogP contribution < -0.4 is 0 Å². The quantitative estimate of drug-likeness (QED) is 0.595. The van der Waals surface area contributed by atoms with Gasteiger partial charge in [-0.25, -0.2) is 0 Å². The molecular formula is C9H18S. The predicted octanol–water partition coefficient (Wildman–Crippen LogP) is 3.17. The summed E-state index contributed by atoms with van der Waals surface area (Å²) in [7, 11) is 0.